The van der Waals surface area contributed by atoms with Crippen molar-refractivity contribution in [2.24, 2.45) is 5.92 Å². The molecule has 1 aliphatic heterocycles. The Hall–Kier alpha value is -2.74. The highest BCUT2D eigenvalue weighted by Gasteiger charge is 2.36. The number of nitrogens with one attached hydrogen (secondary N) is 1. The quantitative estimate of drug-likeness (QED) is 0.683. The summed E-state index contributed by atoms with van der Waals surface area (Å²) in [6, 6.07) is 5.99. The third-order valence-electron chi connectivity index (χ3n) is 5.06. The van der Waals surface area contributed by atoms with Gasteiger partial charge in [-0.15, -0.1) is 11.3 Å². The molecule has 1 N–H and O–H groups in total. The topological polar surface area (TPSA) is 88.6 Å². The first-order valence-electron chi connectivity index (χ1n) is 9.99. The van der Waals surface area contributed by atoms with Gasteiger partial charge >= 0.3 is 5.97 Å². The van der Waals surface area contributed by atoms with Gasteiger partial charge in [-0.25, -0.2) is 4.98 Å². The number of carbonyl (C=O) groups is 3. The highest BCUT2D eigenvalue weighted by molar-refractivity contribution is 7.09. The standard InChI is InChI=1S/C22H27N3O4S/c1-13(2)25-10-16(8-21(25)27)22(28)29-11-17-12-30-20(23-17)9-19(26)24-18-7-14(3)5-6-15(18)4/h5-7,12-13,16H,8-11H2,1-4H3,(H,24,26). The summed E-state index contributed by atoms with van der Waals surface area (Å²) in [5.41, 5.74) is 3.48. The van der Waals surface area contributed by atoms with E-state index < -0.39 is 5.92 Å². The maximum absolute atomic E-state index is 12.3. The minimum atomic E-state index is -0.429. The van der Waals surface area contributed by atoms with Gasteiger partial charge in [0.25, 0.3) is 0 Å². The number of esters is 1. The number of aromatic nitrogens is 1. The van der Waals surface area contributed by atoms with Crippen molar-refractivity contribution in [3.63, 3.8) is 0 Å². The minimum Gasteiger partial charge on any atom is -0.459 e. The molecular weight excluding hydrogens is 402 g/mol. The SMILES string of the molecule is Cc1ccc(C)c(NC(=O)Cc2nc(COC(=O)C3CC(=O)N(C(C)C)C3)cs2)c1. The highest BCUT2D eigenvalue weighted by Crippen LogP contribution is 2.22. The van der Waals surface area contributed by atoms with Crippen LogP contribution in [0.1, 0.15) is 42.1 Å². The van der Waals surface area contributed by atoms with E-state index >= 15 is 0 Å². The molecule has 2 amide bonds. The number of amides is 2. The molecule has 1 aromatic carbocycles. The Kier molecular flexibility index (Phi) is 6.87. The monoisotopic (exact) mass is 429 g/mol. The lowest BCUT2D eigenvalue weighted by atomic mass is 10.1. The first-order valence-corrected chi connectivity index (χ1v) is 10.9. The summed E-state index contributed by atoms with van der Waals surface area (Å²) in [6.45, 7) is 8.22. The van der Waals surface area contributed by atoms with Crippen molar-refractivity contribution in [2.75, 3.05) is 11.9 Å². The van der Waals surface area contributed by atoms with Gasteiger partial charge in [-0.3, -0.25) is 14.4 Å². The van der Waals surface area contributed by atoms with Crippen molar-refractivity contribution in [1.29, 1.82) is 0 Å². The number of aryl methyl sites for hydroxylation is 2. The predicted molar refractivity (Wildman–Crippen MR) is 115 cm³/mol. The second-order valence-electron chi connectivity index (χ2n) is 7.92. The Morgan fingerprint density at radius 2 is 2.10 bits per heavy atom. The fourth-order valence-corrected chi connectivity index (χ4v) is 4.13. The van der Waals surface area contributed by atoms with Gasteiger partial charge in [0.15, 0.2) is 0 Å². The van der Waals surface area contributed by atoms with Crippen LogP contribution in [0.2, 0.25) is 0 Å². The molecule has 1 fully saturated rings. The predicted octanol–water partition coefficient (Wildman–Crippen LogP) is 3.24. The number of thiazole rings is 1. The second-order valence-corrected chi connectivity index (χ2v) is 8.87. The molecule has 30 heavy (non-hydrogen) atoms. The van der Waals surface area contributed by atoms with E-state index in [1.807, 2.05) is 45.9 Å². The van der Waals surface area contributed by atoms with Crippen LogP contribution in [-0.2, 0) is 32.1 Å². The summed E-state index contributed by atoms with van der Waals surface area (Å²) in [4.78, 5) is 42.7. The van der Waals surface area contributed by atoms with E-state index in [1.165, 1.54) is 11.3 Å². The molecule has 0 saturated carbocycles. The number of nitrogens with zero attached hydrogens (tertiary/aromatic N) is 2. The zero-order chi connectivity index (χ0) is 21.8. The molecular formula is C22H27N3O4S. The van der Waals surface area contributed by atoms with E-state index in [0.717, 1.165) is 16.8 Å². The van der Waals surface area contributed by atoms with E-state index in [0.29, 0.717) is 17.2 Å². The van der Waals surface area contributed by atoms with Crippen LogP contribution >= 0.6 is 11.3 Å². The molecule has 1 aliphatic rings. The molecule has 160 valence electrons. The minimum absolute atomic E-state index is 0.0160. The van der Waals surface area contributed by atoms with Crippen molar-refractivity contribution < 1.29 is 19.1 Å². The van der Waals surface area contributed by atoms with Crippen LogP contribution in [0.25, 0.3) is 0 Å². The number of carbonyl (C=O) groups excluding carboxylic acids is 3. The van der Waals surface area contributed by atoms with Crippen molar-refractivity contribution in [1.82, 2.24) is 9.88 Å². The number of hydrogen-bond acceptors (Lipinski definition) is 6. The molecule has 0 bridgehead atoms. The molecule has 2 heterocycles. The van der Waals surface area contributed by atoms with Gasteiger partial charge in [0.2, 0.25) is 11.8 Å². The van der Waals surface area contributed by atoms with Gasteiger partial charge in [0.05, 0.1) is 18.0 Å². The molecule has 1 unspecified atom stereocenters. The molecule has 2 aromatic rings. The van der Waals surface area contributed by atoms with E-state index in [2.05, 4.69) is 10.3 Å². The summed E-state index contributed by atoms with van der Waals surface area (Å²) < 4.78 is 5.36. The molecule has 1 atom stereocenters. The Balaban J connectivity index is 1.49. The van der Waals surface area contributed by atoms with Crippen LogP contribution in [0.3, 0.4) is 0 Å². The Morgan fingerprint density at radius 1 is 1.33 bits per heavy atom. The number of benzene rings is 1. The lowest BCUT2D eigenvalue weighted by Crippen LogP contribution is -2.33. The second kappa shape index (κ2) is 9.38. The van der Waals surface area contributed by atoms with Gasteiger partial charge in [-0.05, 0) is 44.9 Å². The van der Waals surface area contributed by atoms with Gasteiger partial charge in [-0.2, -0.15) is 0 Å². The summed E-state index contributed by atoms with van der Waals surface area (Å²) >= 11 is 1.36. The lowest BCUT2D eigenvalue weighted by Gasteiger charge is -2.20. The Morgan fingerprint density at radius 3 is 2.80 bits per heavy atom. The van der Waals surface area contributed by atoms with Crippen LogP contribution in [0.15, 0.2) is 23.6 Å². The van der Waals surface area contributed by atoms with Gasteiger partial charge < -0.3 is 15.0 Å². The molecule has 0 aliphatic carbocycles. The number of anilines is 1. The van der Waals surface area contributed by atoms with Crippen molar-refractivity contribution >= 4 is 34.8 Å². The number of ether oxygens (including phenoxy) is 1. The summed E-state index contributed by atoms with van der Waals surface area (Å²) in [7, 11) is 0. The number of rotatable bonds is 7. The average Bonchev–Trinajstić information content (AvgIpc) is 3.29. The smallest absolute Gasteiger partial charge is 0.311 e. The molecule has 7 nitrogen and oxygen atoms in total. The lowest BCUT2D eigenvalue weighted by molar-refractivity contribution is -0.149. The molecule has 0 spiro atoms. The average molecular weight is 430 g/mol. The fourth-order valence-electron chi connectivity index (χ4n) is 3.35. The third kappa shape index (κ3) is 5.44. The Bertz CT molecular complexity index is 954. The molecule has 3 rings (SSSR count). The maximum Gasteiger partial charge on any atom is 0.311 e. The van der Waals surface area contributed by atoms with Crippen molar-refractivity contribution in [3.05, 3.63) is 45.4 Å². The van der Waals surface area contributed by atoms with E-state index in [-0.39, 0.29) is 43.3 Å². The van der Waals surface area contributed by atoms with Gasteiger partial charge in [0, 0.05) is 30.1 Å². The Labute approximate surface area is 180 Å². The van der Waals surface area contributed by atoms with Gasteiger partial charge in [-0.1, -0.05) is 12.1 Å². The molecule has 1 aromatic heterocycles. The normalized spacial score (nSPS) is 16.2. The van der Waals surface area contributed by atoms with Crippen LogP contribution in [0, 0.1) is 19.8 Å². The van der Waals surface area contributed by atoms with Gasteiger partial charge in [0.1, 0.15) is 11.6 Å². The summed E-state index contributed by atoms with van der Waals surface area (Å²) in [5.74, 6) is -0.965. The third-order valence-corrected chi connectivity index (χ3v) is 5.95. The van der Waals surface area contributed by atoms with Crippen LogP contribution in [0.5, 0.6) is 0 Å². The first kappa shape index (κ1) is 22.0. The summed E-state index contributed by atoms with van der Waals surface area (Å²) in [5, 5.41) is 5.36. The van der Waals surface area contributed by atoms with Crippen LogP contribution < -0.4 is 5.32 Å². The zero-order valence-corrected chi connectivity index (χ0v) is 18.5. The zero-order valence-electron chi connectivity index (χ0n) is 17.7. The van der Waals surface area contributed by atoms with E-state index in [9.17, 15) is 14.4 Å². The van der Waals surface area contributed by atoms with Crippen molar-refractivity contribution in [2.45, 2.75) is 53.2 Å². The maximum atomic E-state index is 12.3. The van der Waals surface area contributed by atoms with Crippen molar-refractivity contribution in [3.8, 4) is 0 Å². The highest BCUT2D eigenvalue weighted by atomic mass is 32.1. The molecule has 0 radical (unpaired) electrons. The largest absolute Gasteiger partial charge is 0.459 e. The first-order chi connectivity index (χ1) is 14.2. The molecule has 1 saturated heterocycles. The van der Waals surface area contributed by atoms with Crippen LogP contribution in [-0.4, -0.2) is 40.3 Å². The van der Waals surface area contributed by atoms with E-state index in [4.69, 9.17) is 4.74 Å². The van der Waals surface area contributed by atoms with E-state index in [1.54, 1.807) is 10.3 Å². The summed E-state index contributed by atoms with van der Waals surface area (Å²) in [6.07, 6.45) is 0.352. The molecule has 8 heteroatoms. The number of hydrogen-bond donors (Lipinski definition) is 1. The van der Waals surface area contributed by atoms with Crippen LogP contribution in [0.4, 0.5) is 5.69 Å². The fraction of sp³-hybridized carbons (Fsp3) is 0.455. The number of likely N-dealkylation sites (tertiary alicyclic amines) is 1.